The Labute approximate surface area is 151 Å². The van der Waals surface area contributed by atoms with E-state index in [1.165, 1.54) is 12.1 Å². The topological polar surface area (TPSA) is 41.1 Å². The van der Waals surface area contributed by atoms with Crippen molar-refractivity contribution in [2.24, 2.45) is 0 Å². The van der Waals surface area contributed by atoms with E-state index >= 15 is 0 Å². The molecule has 0 aliphatic carbocycles. The van der Waals surface area contributed by atoms with Gasteiger partial charge in [0.05, 0.1) is 0 Å². The lowest BCUT2D eigenvalue weighted by Gasteiger charge is -2.21. The Hall–Kier alpha value is -2.66. The fraction of sp³-hybridized carbons (Fsp3) is 0.158. The van der Waals surface area contributed by atoms with Gasteiger partial charge in [0.1, 0.15) is 11.6 Å². The molecule has 6 heteroatoms. The van der Waals surface area contributed by atoms with Crippen molar-refractivity contribution in [3.63, 3.8) is 0 Å². The molecule has 1 heterocycles. The van der Waals surface area contributed by atoms with E-state index in [1.54, 1.807) is 12.3 Å². The Balaban J connectivity index is 1.92. The van der Waals surface area contributed by atoms with Gasteiger partial charge in [0, 0.05) is 35.2 Å². The first-order valence-corrected chi connectivity index (χ1v) is 8.17. The third-order valence-electron chi connectivity index (χ3n) is 3.76. The van der Waals surface area contributed by atoms with Crippen LogP contribution >= 0.6 is 11.6 Å². The Morgan fingerprint density at radius 1 is 1.12 bits per heavy atom. The summed E-state index contributed by atoms with van der Waals surface area (Å²) in [6, 6.07) is 12.0. The molecule has 0 aliphatic rings. The number of hydrogen-bond donors (Lipinski definition) is 1. The van der Waals surface area contributed by atoms with Gasteiger partial charge in [-0.3, -0.25) is 0 Å². The number of halogens is 2. The smallest absolute Gasteiger partial charge is 0.229 e. The van der Waals surface area contributed by atoms with Crippen LogP contribution in [0.15, 0.2) is 48.7 Å². The van der Waals surface area contributed by atoms with E-state index in [0.29, 0.717) is 22.5 Å². The summed E-state index contributed by atoms with van der Waals surface area (Å²) >= 11 is 6.09. The second-order valence-corrected chi connectivity index (χ2v) is 6.32. The Kier molecular flexibility index (Phi) is 4.86. The van der Waals surface area contributed by atoms with E-state index in [0.717, 1.165) is 16.8 Å². The summed E-state index contributed by atoms with van der Waals surface area (Å²) in [5.74, 6) is 0.858. The fourth-order valence-electron chi connectivity index (χ4n) is 2.58. The lowest BCUT2D eigenvalue weighted by molar-refractivity contribution is 0.628. The molecular weight excluding hydrogens is 339 g/mol. The summed E-state index contributed by atoms with van der Waals surface area (Å²) in [5, 5.41) is 3.81. The molecule has 0 spiro atoms. The molecule has 0 radical (unpaired) electrons. The highest BCUT2D eigenvalue weighted by atomic mass is 35.5. The predicted octanol–water partition coefficient (Wildman–Crippen LogP) is 5.40. The zero-order valence-electron chi connectivity index (χ0n) is 14.2. The van der Waals surface area contributed by atoms with Gasteiger partial charge < -0.3 is 10.2 Å². The zero-order valence-corrected chi connectivity index (χ0v) is 15.0. The normalized spacial score (nSPS) is 10.6. The van der Waals surface area contributed by atoms with Crippen LogP contribution in [0, 0.1) is 19.7 Å². The largest absolute Gasteiger partial charge is 0.329 e. The van der Waals surface area contributed by atoms with Crippen molar-refractivity contribution in [1.29, 1.82) is 0 Å². The van der Waals surface area contributed by atoms with E-state index in [9.17, 15) is 4.39 Å². The van der Waals surface area contributed by atoms with Crippen molar-refractivity contribution in [3.8, 4) is 0 Å². The SMILES string of the molecule is Cc1cc(Cl)cc(Nc2ncc(C)c(N(C)c3cccc(F)c3)n2)c1. The molecule has 3 aromatic rings. The second-order valence-electron chi connectivity index (χ2n) is 5.88. The molecule has 1 aromatic heterocycles. The van der Waals surface area contributed by atoms with Crippen LogP contribution in [0.4, 0.5) is 27.5 Å². The number of aromatic nitrogens is 2. The molecule has 1 N–H and O–H groups in total. The Morgan fingerprint density at radius 3 is 2.64 bits per heavy atom. The second kappa shape index (κ2) is 7.07. The van der Waals surface area contributed by atoms with E-state index in [4.69, 9.17) is 11.6 Å². The summed E-state index contributed by atoms with van der Waals surface area (Å²) < 4.78 is 13.5. The van der Waals surface area contributed by atoms with Crippen molar-refractivity contribution < 1.29 is 4.39 Å². The minimum atomic E-state index is -0.288. The summed E-state index contributed by atoms with van der Waals surface area (Å²) in [6.07, 6.45) is 1.73. The van der Waals surface area contributed by atoms with Gasteiger partial charge in [-0.25, -0.2) is 9.37 Å². The standard InChI is InChI=1S/C19H18ClFN4/c1-12-7-14(20)9-16(8-12)23-19-22-11-13(2)18(24-19)25(3)17-6-4-5-15(21)10-17/h4-11H,1-3H3,(H,22,23,24). The van der Waals surface area contributed by atoms with Gasteiger partial charge in [-0.15, -0.1) is 0 Å². The number of benzene rings is 2. The summed E-state index contributed by atoms with van der Waals surface area (Å²) in [7, 11) is 1.84. The molecule has 0 amide bonds. The molecule has 0 unspecified atom stereocenters. The molecule has 4 nitrogen and oxygen atoms in total. The maximum atomic E-state index is 13.5. The Morgan fingerprint density at radius 2 is 1.92 bits per heavy atom. The van der Waals surface area contributed by atoms with E-state index < -0.39 is 0 Å². The predicted molar refractivity (Wildman–Crippen MR) is 101 cm³/mol. The van der Waals surface area contributed by atoms with Crippen molar-refractivity contribution in [3.05, 3.63) is 70.6 Å². The van der Waals surface area contributed by atoms with Gasteiger partial charge >= 0.3 is 0 Å². The first-order chi connectivity index (χ1) is 11.9. The molecule has 2 aromatic carbocycles. The van der Waals surface area contributed by atoms with E-state index in [1.807, 2.05) is 50.1 Å². The van der Waals surface area contributed by atoms with Crippen LogP contribution in [0.1, 0.15) is 11.1 Å². The van der Waals surface area contributed by atoms with Gasteiger partial charge in [0.2, 0.25) is 5.95 Å². The molecule has 0 bridgehead atoms. The van der Waals surface area contributed by atoms with Crippen molar-refractivity contribution in [1.82, 2.24) is 9.97 Å². The third-order valence-corrected chi connectivity index (χ3v) is 3.97. The van der Waals surface area contributed by atoms with Crippen LogP contribution in [-0.4, -0.2) is 17.0 Å². The first kappa shape index (κ1) is 17.2. The lowest BCUT2D eigenvalue weighted by Crippen LogP contribution is -2.14. The molecule has 0 saturated heterocycles. The van der Waals surface area contributed by atoms with Gasteiger partial charge in [-0.2, -0.15) is 4.98 Å². The van der Waals surface area contributed by atoms with Crippen molar-refractivity contribution in [2.75, 3.05) is 17.3 Å². The van der Waals surface area contributed by atoms with Crippen LogP contribution in [0.25, 0.3) is 0 Å². The van der Waals surface area contributed by atoms with Gasteiger partial charge in [-0.1, -0.05) is 17.7 Å². The Bertz CT molecular complexity index is 893. The fourth-order valence-corrected chi connectivity index (χ4v) is 2.87. The van der Waals surface area contributed by atoms with E-state index in [2.05, 4.69) is 15.3 Å². The number of aryl methyl sites for hydroxylation is 2. The molecule has 0 atom stereocenters. The number of nitrogens with zero attached hydrogens (tertiary/aromatic N) is 3. The van der Waals surface area contributed by atoms with Crippen molar-refractivity contribution >= 4 is 34.7 Å². The van der Waals surface area contributed by atoms with Gasteiger partial charge in [-0.05, 0) is 55.8 Å². The highest BCUT2D eigenvalue weighted by molar-refractivity contribution is 6.30. The molecule has 3 rings (SSSR count). The van der Waals surface area contributed by atoms with Crippen LogP contribution in [-0.2, 0) is 0 Å². The minimum absolute atomic E-state index is 0.288. The first-order valence-electron chi connectivity index (χ1n) is 7.79. The molecule has 25 heavy (non-hydrogen) atoms. The molecule has 128 valence electrons. The van der Waals surface area contributed by atoms with Gasteiger partial charge in [0.25, 0.3) is 0 Å². The maximum Gasteiger partial charge on any atom is 0.229 e. The minimum Gasteiger partial charge on any atom is -0.329 e. The number of hydrogen-bond acceptors (Lipinski definition) is 4. The number of rotatable bonds is 4. The van der Waals surface area contributed by atoms with Crippen molar-refractivity contribution in [2.45, 2.75) is 13.8 Å². The molecule has 0 aliphatic heterocycles. The average molecular weight is 357 g/mol. The summed E-state index contributed by atoms with van der Waals surface area (Å²) in [4.78, 5) is 10.7. The quantitative estimate of drug-likeness (QED) is 0.679. The van der Waals surface area contributed by atoms with Crippen LogP contribution in [0.3, 0.4) is 0 Å². The summed E-state index contributed by atoms with van der Waals surface area (Å²) in [5.41, 5.74) is 3.46. The maximum absolute atomic E-state index is 13.5. The van der Waals surface area contributed by atoms with Crippen LogP contribution in [0.2, 0.25) is 5.02 Å². The molecule has 0 saturated carbocycles. The van der Waals surface area contributed by atoms with Crippen LogP contribution in [0.5, 0.6) is 0 Å². The highest BCUT2D eigenvalue weighted by Gasteiger charge is 2.12. The molecule has 0 fully saturated rings. The lowest BCUT2D eigenvalue weighted by atomic mass is 10.2. The number of nitrogens with one attached hydrogen (secondary N) is 1. The zero-order chi connectivity index (χ0) is 18.0. The van der Waals surface area contributed by atoms with Crippen LogP contribution < -0.4 is 10.2 Å². The third kappa shape index (κ3) is 4.06. The summed E-state index contributed by atoms with van der Waals surface area (Å²) in [6.45, 7) is 3.88. The molecular formula is C19H18ClFN4. The van der Waals surface area contributed by atoms with Gasteiger partial charge in [0.15, 0.2) is 0 Å². The average Bonchev–Trinajstić information content (AvgIpc) is 2.55. The number of anilines is 4. The monoisotopic (exact) mass is 356 g/mol. The highest BCUT2D eigenvalue weighted by Crippen LogP contribution is 2.27. The van der Waals surface area contributed by atoms with E-state index in [-0.39, 0.29) is 5.82 Å².